The van der Waals surface area contributed by atoms with Crippen molar-refractivity contribution in [2.24, 2.45) is 5.41 Å². The number of nitrogens with one attached hydrogen (secondary N) is 1. The number of rotatable bonds is 6. The Hall–Kier alpha value is -2.15. The third-order valence-corrected chi connectivity index (χ3v) is 2.63. The fourth-order valence-corrected chi connectivity index (χ4v) is 1.37. The van der Waals surface area contributed by atoms with Gasteiger partial charge in [0.25, 0.3) is 5.69 Å². The zero-order valence-corrected chi connectivity index (χ0v) is 10.7. The Bertz CT molecular complexity index is 499. The number of non-ortho nitro benzene ring substituents is 1. The first-order valence-electron chi connectivity index (χ1n) is 5.63. The highest BCUT2D eigenvalue weighted by atomic mass is 16.6. The standard InChI is InChI=1S/C12H16N2O5/c1-12(2,7-15)6-13-10-5-8(14(18)19)3-4-9(10)11(16)17/h3-5,13,15H,6-7H2,1-2H3,(H,16,17). The number of nitro benzene ring substituents is 1. The van der Waals surface area contributed by atoms with Crippen LogP contribution in [0.2, 0.25) is 0 Å². The van der Waals surface area contributed by atoms with E-state index >= 15 is 0 Å². The lowest BCUT2D eigenvalue weighted by Gasteiger charge is -2.23. The Kier molecular flexibility index (Phi) is 4.44. The largest absolute Gasteiger partial charge is 0.478 e. The summed E-state index contributed by atoms with van der Waals surface area (Å²) in [6, 6.07) is 3.51. The van der Waals surface area contributed by atoms with E-state index in [1.807, 2.05) is 0 Å². The zero-order valence-electron chi connectivity index (χ0n) is 10.7. The third kappa shape index (κ3) is 3.92. The van der Waals surface area contributed by atoms with Crippen LogP contribution in [0.25, 0.3) is 0 Å². The van der Waals surface area contributed by atoms with Crippen LogP contribution in [0.15, 0.2) is 18.2 Å². The molecule has 0 radical (unpaired) electrons. The Morgan fingerprint density at radius 3 is 2.58 bits per heavy atom. The van der Waals surface area contributed by atoms with Gasteiger partial charge in [-0.2, -0.15) is 0 Å². The lowest BCUT2D eigenvalue weighted by molar-refractivity contribution is -0.384. The molecule has 0 aliphatic rings. The van der Waals surface area contributed by atoms with Crippen LogP contribution in [0.5, 0.6) is 0 Å². The predicted molar refractivity (Wildman–Crippen MR) is 69.4 cm³/mol. The van der Waals surface area contributed by atoms with Gasteiger partial charge in [-0.05, 0) is 6.07 Å². The van der Waals surface area contributed by atoms with Gasteiger partial charge in [0.15, 0.2) is 0 Å². The zero-order chi connectivity index (χ0) is 14.6. The highest BCUT2D eigenvalue weighted by Crippen LogP contribution is 2.24. The van der Waals surface area contributed by atoms with Crippen LogP contribution in [0.3, 0.4) is 0 Å². The minimum absolute atomic E-state index is 0.0423. The summed E-state index contributed by atoms with van der Waals surface area (Å²) < 4.78 is 0. The minimum Gasteiger partial charge on any atom is -0.478 e. The summed E-state index contributed by atoms with van der Waals surface area (Å²) >= 11 is 0. The molecule has 7 heteroatoms. The summed E-state index contributed by atoms with van der Waals surface area (Å²) in [6.45, 7) is 3.79. The van der Waals surface area contributed by atoms with Gasteiger partial charge in [0.05, 0.1) is 16.2 Å². The molecule has 0 spiro atoms. The van der Waals surface area contributed by atoms with E-state index in [0.29, 0.717) is 6.54 Å². The number of aliphatic hydroxyl groups is 1. The van der Waals surface area contributed by atoms with E-state index in [-0.39, 0.29) is 23.5 Å². The van der Waals surface area contributed by atoms with Crippen molar-refractivity contribution in [3.63, 3.8) is 0 Å². The van der Waals surface area contributed by atoms with E-state index < -0.39 is 16.3 Å². The van der Waals surface area contributed by atoms with E-state index in [1.165, 1.54) is 12.1 Å². The number of hydrogen-bond donors (Lipinski definition) is 3. The number of aliphatic hydroxyl groups excluding tert-OH is 1. The van der Waals surface area contributed by atoms with Crippen molar-refractivity contribution in [3.8, 4) is 0 Å². The summed E-state index contributed by atoms with van der Waals surface area (Å²) in [5.74, 6) is -1.17. The molecule has 0 saturated heterocycles. The van der Waals surface area contributed by atoms with Gasteiger partial charge < -0.3 is 15.5 Å². The van der Waals surface area contributed by atoms with Crippen molar-refractivity contribution in [3.05, 3.63) is 33.9 Å². The second-order valence-electron chi connectivity index (χ2n) is 4.97. The van der Waals surface area contributed by atoms with Gasteiger partial charge in [-0.1, -0.05) is 13.8 Å². The molecule has 0 bridgehead atoms. The topological polar surface area (TPSA) is 113 Å². The summed E-state index contributed by atoms with van der Waals surface area (Å²) in [5.41, 5.74) is -0.516. The summed E-state index contributed by atoms with van der Waals surface area (Å²) in [7, 11) is 0. The number of aromatic carboxylic acids is 1. The number of carboxylic acid groups (broad SMARTS) is 1. The van der Waals surface area contributed by atoms with Crippen LogP contribution in [0, 0.1) is 15.5 Å². The average Bonchev–Trinajstić information content (AvgIpc) is 2.35. The smallest absolute Gasteiger partial charge is 0.337 e. The number of anilines is 1. The Morgan fingerprint density at radius 1 is 1.47 bits per heavy atom. The molecule has 1 rings (SSSR count). The quantitative estimate of drug-likeness (QED) is 0.535. The fourth-order valence-electron chi connectivity index (χ4n) is 1.37. The second kappa shape index (κ2) is 5.66. The van der Waals surface area contributed by atoms with Gasteiger partial charge in [-0.25, -0.2) is 4.79 Å². The summed E-state index contributed by atoms with van der Waals surface area (Å²) in [4.78, 5) is 21.1. The molecule has 1 aromatic rings. The summed E-state index contributed by atoms with van der Waals surface area (Å²) in [5, 5.41) is 31.7. The Morgan fingerprint density at radius 2 is 2.11 bits per heavy atom. The normalized spacial score (nSPS) is 11.1. The molecule has 0 atom stereocenters. The molecule has 3 N–H and O–H groups in total. The molecule has 0 amide bonds. The van der Waals surface area contributed by atoms with E-state index in [4.69, 9.17) is 10.2 Å². The lowest BCUT2D eigenvalue weighted by atomic mass is 9.94. The average molecular weight is 268 g/mol. The molecule has 0 aliphatic heterocycles. The van der Waals surface area contributed by atoms with Crippen molar-refractivity contribution >= 4 is 17.3 Å². The minimum atomic E-state index is -1.17. The van der Waals surface area contributed by atoms with Crippen LogP contribution in [0.4, 0.5) is 11.4 Å². The van der Waals surface area contributed by atoms with Crippen LogP contribution < -0.4 is 5.32 Å². The van der Waals surface area contributed by atoms with Crippen LogP contribution >= 0.6 is 0 Å². The molecular formula is C12H16N2O5. The lowest BCUT2D eigenvalue weighted by Crippen LogP contribution is -2.27. The van der Waals surface area contributed by atoms with Crippen molar-refractivity contribution in [1.29, 1.82) is 0 Å². The van der Waals surface area contributed by atoms with Crippen LogP contribution in [-0.4, -0.2) is 34.3 Å². The van der Waals surface area contributed by atoms with E-state index in [0.717, 1.165) is 6.07 Å². The van der Waals surface area contributed by atoms with Crippen molar-refractivity contribution in [2.45, 2.75) is 13.8 Å². The van der Waals surface area contributed by atoms with E-state index in [2.05, 4.69) is 5.32 Å². The van der Waals surface area contributed by atoms with Gasteiger partial charge in [-0.3, -0.25) is 10.1 Å². The first kappa shape index (κ1) is 14.9. The molecule has 0 heterocycles. The van der Waals surface area contributed by atoms with Crippen molar-refractivity contribution in [1.82, 2.24) is 0 Å². The van der Waals surface area contributed by atoms with Gasteiger partial charge in [-0.15, -0.1) is 0 Å². The molecule has 0 aliphatic carbocycles. The fraction of sp³-hybridized carbons (Fsp3) is 0.417. The Balaban J connectivity index is 3.04. The number of nitro groups is 1. The maximum Gasteiger partial charge on any atom is 0.337 e. The second-order valence-corrected chi connectivity index (χ2v) is 4.97. The number of benzene rings is 1. The van der Waals surface area contributed by atoms with Crippen LogP contribution in [0.1, 0.15) is 24.2 Å². The SMILES string of the molecule is CC(C)(CO)CNc1cc([N+](=O)[O-])ccc1C(=O)O. The first-order chi connectivity index (χ1) is 8.76. The van der Waals surface area contributed by atoms with Gasteiger partial charge in [0.2, 0.25) is 0 Å². The highest BCUT2D eigenvalue weighted by Gasteiger charge is 2.19. The molecule has 0 unspecified atom stereocenters. The summed E-state index contributed by atoms with van der Waals surface area (Å²) in [6.07, 6.45) is 0. The number of hydrogen-bond acceptors (Lipinski definition) is 5. The van der Waals surface area contributed by atoms with Gasteiger partial charge >= 0.3 is 5.97 Å². The molecule has 104 valence electrons. The number of nitrogens with zero attached hydrogens (tertiary/aromatic N) is 1. The first-order valence-corrected chi connectivity index (χ1v) is 5.63. The van der Waals surface area contributed by atoms with Crippen molar-refractivity contribution in [2.75, 3.05) is 18.5 Å². The predicted octanol–water partition coefficient (Wildman–Crippen LogP) is 1.72. The highest BCUT2D eigenvalue weighted by molar-refractivity contribution is 5.94. The monoisotopic (exact) mass is 268 g/mol. The molecule has 0 fully saturated rings. The molecule has 0 saturated carbocycles. The maximum atomic E-state index is 11.0. The third-order valence-electron chi connectivity index (χ3n) is 2.63. The molecule has 1 aromatic carbocycles. The molecule has 19 heavy (non-hydrogen) atoms. The number of carboxylic acids is 1. The van der Waals surface area contributed by atoms with E-state index in [1.54, 1.807) is 13.8 Å². The maximum absolute atomic E-state index is 11.0. The molecule has 7 nitrogen and oxygen atoms in total. The molecular weight excluding hydrogens is 252 g/mol. The van der Waals surface area contributed by atoms with Crippen molar-refractivity contribution < 1.29 is 19.9 Å². The van der Waals surface area contributed by atoms with Gasteiger partial charge in [0, 0.05) is 30.7 Å². The number of carbonyl (C=O) groups is 1. The Labute approximate surface area is 110 Å². The van der Waals surface area contributed by atoms with Gasteiger partial charge in [0.1, 0.15) is 0 Å². The van der Waals surface area contributed by atoms with E-state index in [9.17, 15) is 14.9 Å². The van der Waals surface area contributed by atoms with Crippen LogP contribution in [-0.2, 0) is 0 Å². The molecule has 0 aromatic heterocycles.